The van der Waals surface area contributed by atoms with E-state index in [-0.39, 0.29) is 6.54 Å². The Kier molecular flexibility index (Phi) is 3.29. The van der Waals surface area contributed by atoms with Crippen molar-refractivity contribution in [1.82, 2.24) is 5.32 Å². The molecule has 0 aliphatic heterocycles. The number of carbonyl (C=O) groups excluding carboxylic acids is 1. The summed E-state index contributed by atoms with van der Waals surface area (Å²) >= 11 is 0. The van der Waals surface area contributed by atoms with Crippen LogP contribution in [0.2, 0.25) is 0 Å². The number of hydrogen-bond donors (Lipinski definition) is 2. The van der Waals surface area contributed by atoms with Crippen LogP contribution in [0.4, 0.5) is 0 Å². The van der Waals surface area contributed by atoms with Crippen molar-refractivity contribution in [2.45, 2.75) is 0 Å². The molecule has 1 aromatic carbocycles. The molecule has 0 saturated carbocycles. The summed E-state index contributed by atoms with van der Waals surface area (Å²) in [6.45, 7) is -1.93. The topological polar surface area (TPSA) is 55.1 Å². The molecular weight excluding hydrogens is 176 g/mol. The van der Waals surface area contributed by atoms with Crippen LogP contribution < -0.4 is 11.1 Å². The average molecular weight is 192 g/mol. The molecule has 0 bridgehead atoms. The van der Waals surface area contributed by atoms with Crippen LogP contribution in [0.3, 0.4) is 0 Å². The molecule has 3 heteroatoms. The quantitative estimate of drug-likeness (QED) is 0.724. The molecule has 0 aliphatic carbocycles. The highest BCUT2D eigenvalue weighted by atomic mass is 16.1. The number of primary amides is 1. The highest BCUT2D eigenvalue weighted by molar-refractivity contribution is 5.75. The van der Waals surface area contributed by atoms with Crippen molar-refractivity contribution in [3.05, 3.63) is 42.0 Å². The molecule has 0 radical (unpaired) electrons. The Hall–Kier alpha value is -1.61. The largest absolute Gasteiger partial charge is 0.369 e. The van der Waals surface area contributed by atoms with Crippen molar-refractivity contribution in [1.29, 1.82) is 0 Å². The molecule has 0 atom stereocenters. The van der Waals surface area contributed by atoms with Gasteiger partial charge in [-0.05, 0) is 5.56 Å². The van der Waals surface area contributed by atoms with E-state index in [1.807, 2.05) is 30.3 Å². The van der Waals surface area contributed by atoms with Crippen molar-refractivity contribution >= 4 is 12.0 Å². The number of nitrogens with one attached hydrogen (secondary N) is 1. The fourth-order valence-corrected chi connectivity index (χ4v) is 0.899. The van der Waals surface area contributed by atoms with Crippen molar-refractivity contribution in [2.75, 3.05) is 13.0 Å². The maximum atomic E-state index is 10.5. The maximum absolute atomic E-state index is 10.5. The Labute approximate surface area is 86.4 Å². The van der Waals surface area contributed by atoms with Gasteiger partial charge in [0.2, 0.25) is 5.91 Å². The first-order valence-electron chi connectivity index (χ1n) is 5.27. The third-order valence-corrected chi connectivity index (χ3v) is 1.52. The molecule has 0 fully saturated rings. The standard InChI is InChI=1S/C11H14N2O/c12-11(14)9-13-8-4-7-10-5-2-1-3-6-10/h1-7,13H,8-9H2,(H2,12,14)/b7-4-/i8D2. The van der Waals surface area contributed by atoms with E-state index in [1.54, 1.807) is 6.08 Å². The lowest BCUT2D eigenvalue weighted by Gasteiger charge is -1.95. The molecule has 1 aromatic rings. The number of hydrogen-bond acceptors (Lipinski definition) is 2. The first-order valence-corrected chi connectivity index (χ1v) is 4.27. The zero-order valence-electron chi connectivity index (χ0n) is 9.73. The predicted octanol–water partition coefficient (Wildman–Crippen LogP) is 0.775. The molecule has 1 rings (SSSR count). The number of benzene rings is 1. The van der Waals surface area contributed by atoms with Crippen LogP contribution in [-0.4, -0.2) is 18.9 Å². The van der Waals surface area contributed by atoms with Crippen LogP contribution in [-0.2, 0) is 4.79 Å². The maximum Gasteiger partial charge on any atom is 0.231 e. The Morgan fingerprint density at radius 3 is 2.86 bits per heavy atom. The van der Waals surface area contributed by atoms with Crippen molar-refractivity contribution in [2.24, 2.45) is 5.73 Å². The van der Waals surface area contributed by atoms with Crippen LogP contribution in [0.15, 0.2) is 36.4 Å². The van der Waals surface area contributed by atoms with Gasteiger partial charge in [0.25, 0.3) is 0 Å². The van der Waals surface area contributed by atoms with E-state index < -0.39 is 12.4 Å². The van der Waals surface area contributed by atoms with E-state index >= 15 is 0 Å². The first-order chi connectivity index (χ1) is 7.49. The fraction of sp³-hybridized carbons (Fsp3) is 0.182. The van der Waals surface area contributed by atoms with Gasteiger partial charge in [-0.25, -0.2) is 0 Å². The molecule has 0 spiro atoms. The number of amides is 1. The Bertz CT molecular complexity index is 377. The van der Waals surface area contributed by atoms with Gasteiger partial charge in [-0.1, -0.05) is 42.5 Å². The second-order valence-corrected chi connectivity index (χ2v) is 2.71. The highest BCUT2D eigenvalue weighted by Gasteiger charge is 1.88. The fourth-order valence-electron chi connectivity index (χ4n) is 0.899. The zero-order chi connectivity index (χ0) is 12.0. The third kappa shape index (κ3) is 4.42. The lowest BCUT2D eigenvalue weighted by molar-refractivity contribution is -0.117. The molecule has 0 saturated heterocycles. The van der Waals surface area contributed by atoms with E-state index in [9.17, 15) is 4.79 Å². The van der Waals surface area contributed by atoms with Gasteiger partial charge < -0.3 is 11.1 Å². The van der Waals surface area contributed by atoms with E-state index in [2.05, 4.69) is 5.32 Å². The second kappa shape index (κ2) is 5.94. The third-order valence-electron chi connectivity index (χ3n) is 1.52. The predicted molar refractivity (Wildman–Crippen MR) is 57.5 cm³/mol. The molecule has 14 heavy (non-hydrogen) atoms. The van der Waals surface area contributed by atoms with E-state index in [0.717, 1.165) is 5.56 Å². The van der Waals surface area contributed by atoms with Gasteiger partial charge in [0.1, 0.15) is 0 Å². The molecule has 0 aliphatic rings. The lowest BCUT2D eigenvalue weighted by atomic mass is 10.2. The van der Waals surface area contributed by atoms with Crippen molar-refractivity contribution < 1.29 is 7.54 Å². The zero-order valence-corrected chi connectivity index (χ0v) is 7.73. The average Bonchev–Trinajstić information content (AvgIpc) is 2.26. The minimum Gasteiger partial charge on any atom is -0.369 e. The smallest absolute Gasteiger partial charge is 0.231 e. The van der Waals surface area contributed by atoms with E-state index in [1.165, 1.54) is 6.08 Å². The van der Waals surface area contributed by atoms with E-state index in [4.69, 9.17) is 8.48 Å². The van der Waals surface area contributed by atoms with Crippen LogP contribution in [0.25, 0.3) is 6.08 Å². The molecule has 74 valence electrons. The molecular formula is C11H14N2O. The van der Waals surface area contributed by atoms with Gasteiger partial charge in [0.05, 0.1) is 6.54 Å². The van der Waals surface area contributed by atoms with Gasteiger partial charge in [-0.15, -0.1) is 0 Å². The summed E-state index contributed by atoms with van der Waals surface area (Å²) in [7, 11) is 0. The van der Waals surface area contributed by atoms with Crippen LogP contribution in [0.1, 0.15) is 8.30 Å². The molecule has 3 N–H and O–H groups in total. The molecule has 3 nitrogen and oxygen atoms in total. The van der Waals surface area contributed by atoms with Gasteiger partial charge in [-0.3, -0.25) is 4.79 Å². The van der Waals surface area contributed by atoms with Gasteiger partial charge in [0.15, 0.2) is 0 Å². The minimum atomic E-state index is -1.75. The van der Waals surface area contributed by atoms with Crippen LogP contribution in [0.5, 0.6) is 0 Å². The van der Waals surface area contributed by atoms with Crippen LogP contribution >= 0.6 is 0 Å². The Morgan fingerprint density at radius 2 is 2.21 bits per heavy atom. The molecule has 0 heterocycles. The summed E-state index contributed by atoms with van der Waals surface area (Å²) in [4.78, 5) is 10.5. The first kappa shape index (κ1) is 7.76. The lowest BCUT2D eigenvalue weighted by Crippen LogP contribution is -2.28. The highest BCUT2D eigenvalue weighted by Crippen LogP contribution is 1.99. The summed E-state index contributed by atoms with van der Waals surface area (Å²) in [6.07, 6.45) is 3.00. The monoisotopic (exact) mass is 192 g/mol. The van der Waals surface area contributed by atoms with Gasteiger partial charge in [-0.2, -0.15) is 0 Å². The normalized spacial score (nSPS) is 13.7. The Morgan fingerprint density at radius 1 is 1.50 bits per heavy atom. The number of rotatable bonds is 5. The summed E-state index contributed by atoms with van der Waals surface area (Å²) < 4.78 is 15.1. The summed E-state index contributed by atoms with van der Waals surface area (Å²) in [6, 6.07) is 9.34. The van der Waals surface area contributed by atoms with Gasteiger partial charge >= 0.3 is 0 Å². The second-order valence-electron chi connectivity index (χ2n) is 2.71. The number of nitrogens with two attached hydrogens (primary N) is 1. The summed E-state index contributed by atoms with van der Waals surface area (Å²) in [5, 5.41) is 2.40. The number of carbonyl (C=O) groups is 1. The SMILES string of the molecule is [2H]C([2H])(/C=C\c1ccccc1)NCC(N)=O. The minimum absolute atomic E-state index is 0.188. The molecule has 1 amide bonds. The Balaban J connectivity index is 2.58. The molecule has 0 unspecified atom stereocenters. The summed E-state index contributed by atoms with van der Waals surface area (Å²) in [5.41, 5.74) is 5.81. The van der Waals surface area contributed by atoms with E-state index in [0.29, 0.717) is 0 Å². The summed E-state index contributed by atoms with van der Waals surface area (Å²) in [5.74, 6) is -0.586. The molecule has 0 aromatic heterocycles. The van der Waals surface area contributed by atoms with Crippen molar-refractivity contribution in [3.63, 3.8) is 0 Å². The van der Waals surface area contributed by atoms with Crippen LogP contribution in [0, 0.1) is 0 Å². The van der Waals surface area contributed by atoms with Crippen molar-refractivity contribution in [3.8, 4) is 0 Å². The van der Waals surface area contributed by atoms with Gasteiger partial charge in [0, 0.05) is 9.24 Å².